The number of nitrogens with one attached hydrogen (secondary N) is 1. The average Bonchev–Trinajstić information content (AvgIpc) is 2.66. The maximum absolute atomic E-state index is 14.1. The number of carbonyl (C=O) groups is 2. The molecule has 144 valence electrons. The fourth-order valence-corrected chi connectivity index (χ4v) is 2.90. The Balaban J connectivity index is 2.25. The van der Waals surface area contributed by atoms with Crippen LogP contribution in [0.4, 0.5) is 4.39 Å². The Bertz CT molecular complexity index is 797. The molecule has 6 heteroatoms. The van der Waals surface area contributed by atoms with Gasteiger partial charge in [0.2, 0.25) is 11.8 Å². The molecule has 2 aromatic carbocycles. The molecule has 0 saturated heterocycles. The third kappa shape index (κ3) is 5.79. The van der Waals surface area contributed by atoms with Crippen molar-refractivity contribution in [2.24, 2.45) is 0 Å². The van der Waals surface area contributed by atoms with Gasteiger partial charge in [-0.05, 0) is 31.0 Å². The summed E-state index contributed by atoms with van der Waals surface area (Å²) in [6.45, 7) is 4.13. The van der Waals surface area contributed by atoms with E-state index in [0.717, 1.165) is 6.42 Å². The first-order chi connectivity index (χ1) is 12.9. The summed E-state index contributed by atoms with van der Waals surface area (Å²) in [5.41, 5.74) is 1.03. The van der Waals surface area contributed by atoms with E-state index in [4.69, 9.17) is 11.6 Å². The Morgan fingerprint density at radius 2 is 1.74 bits per heavy atom. The Morgan fingerprint density at radius 1 is 1.11 bits per heavy atom. The van der Waals surface area contributed by atoms with Crippen molar-refractivity contribution in [3.63, 3.8) is 0 Å². The zero-order valence-electron chi connectivity index (χ0n) is 15.5. The van der Waals surface area contributed by atoms with E-state index in [-0.39, 0.29) is 24.8 Å². The normalized spacial score (nSPS) is 11.7. The number of nitrogens with zero attached hydrogens (tertiary/aromatic N) is 1. The molecule has 0 aromatic heterocycles. The molecule has 0 aliphatic heterocycles. The fourth-order valence-electron chi connectivity index (χ4n) is 2.69. The lowest BCUT2D eigenvalue weighted by molar-refractivity contribution is -0.140. The van der Waals surface area contributed by atoms with E-state index in [2.05, 4.69) is 5.32 Å². The lowest BCUT2D eigenvalue weighted by Gasteiger charge is -2.29. The van der Waals surface area contributed by atoms with Crippen molar-refractivity contribution in [1.82, 2.24) is 10.2 Å². The molecule has 0 radical (unpaired) electrons. The SMILES string of the molecule is CCCNC(=O)[C@@H](C)N(Cc1ccccc1F)C(=O)Cc1ccccc1Cl. The first kappa shape index (κ1) is 20.9. The van der Waals surface area contributed by atoms with Gasteiger partial charge in [-0.2, -0.15) is 0 Å². The fraction of sp³-hybridized carbons (Fsp3) is 0.333. The molecular weight excluding hydrogens is 367 g/mol. The molecule has 0 heterocycles. The van der Waals surface area contributed by atoms with Crippen LogP contribution in [0.3, 0.4) is 0 Å². The number of benzene rings is 2. The molecule has 1 atom stereocenters. The van der Waals surface area contributed by atoms with Gasteiger partial charge in [0.05, 0.1) is 6.42 Å². The van der Waals surface area contributed by atoms with Crippen LogP contribution in [0.2, 0.25) is 5.02 Å². The van der Waals surface area contributed by atoms with Crippen LogP contribution in [0.5, 0.6) is 0 Å². The van der Waals surface area contributed by atoms with E-state index in [1.54, 1.807) is 49.4 Å². The van der Waals surface area contributed by atoms with Crippen LogP contribution in [0, 0.1) is 5.82 Å². The van der Waals surface area contributed by atoms with Gasteiger partial charge >= 0.3 is 0 Å². The van der Waals surface area contributed by atoms with Crippen LogP contribution in [0.15, 0.2) is 48.5 Å². The largest absolute Gasteiger partial charge is 0.354 e. The van der Waals surface area contributed by atoms with Gasteiger partial charge in [0.25, 0.3) is 0 Å². The van der Waals surface area contributed by atoms with E-state index in [0.29, 0.717) is 22.7 Å². The molecule has 0 bridgehead atoms. The number of carbonyl (C=O) groups excluding carboxylic acids is 2. The Hall–Kier alpha value is -2.40. The first-order valence-electron chi connectivity index (χ1n) is 8.98. The van der Waals surface area contributed by atoms with Crippen molar-refractivity contribution in [3.8, 4) is 0 Å². The van der Waals surface area contributed by atoms with Crippen molar-refractivity contribution in [3.05, 3.63) is 70.5 Å². The molecule has 2 aromatic rings. The number of halogens is 2. The minimum atomic E-state index is -0.730. The lowest BCUT2D eigenvalue weighted by atomic mass is 10.1. The number of hydrogen-bond donors (Lipinski definition) is 1. The predicted octanol–water partition coefficient (Wildman–Crippen LogP) is 3.97. The molecule has 1 N–H and O–H groups in total. The van der Waals surface area contributed by atoms with Gasteiger partial charge in [-0.15, -0.1) is 0 Å². The minimum Gasteiger partial charge on any atom is -0.354 e. The highest BCUT2D eigenvalue weighted by atomic mass is 35.5. The average molecular weight is 391 g/mol. The van der Waals surface area contributed by atoms with Gasteiger partial charge in [0.1, 0.15) is 11.9 Å². The molecule has 0 aliphatic rings. The second-order valence-corrected chi connectivity index (χ2v) is 6.76. The van der Waals surface area contributed by atoms with Crippen molar-refractivity contribution in [1.29, 1.82) is 0 Å². The highest BCUT2D eigenvalue weighted by Crippen LogP contribution is 2.19. The molecule has 2 rings (SSSR count). The van der Waals surface area contributed by atoms with Crippen molar-refractivity contribution >= 4 is 23.4 Å². The molecule has 0 unspecified atom stereocenters. The standard InChI is InChI=1S/C21H24ClFN2O2/c1-3-12-24-21(27)15(2)25(14-17-9-5-7-11-19(17)23)20(26)13-16-8-4-6-10-18(16)22/h4-11,15H,3,12-14H2,1-2H3,(H,24,27)/t15-/m1/s1. The molecule has 0 spiro atoms. The second-order valence-electron chi connectivity index (χ2n) is 6.35. The predicted molar refractivity (Wildman–Crippen MR) is 105 cm³/mol. The molecule has 2 amide bonds. The summed E-state index contributed by atoms with van der Waals surface area (Å²) < 4.78 is 14.1. The molecule has 4 nitrogen and oxygen atoms in total. The van der Waals surface area contributed by atoms with E-state index >= 15 is 0 Å². The highest BCUT2D eigenvalue weighted by molar-refractivity contribution is 6.31. The molecule has 0 fully saturated rings. The maximum atomic E-state index is 14.1. The molecule has 27 heavy (non-hydrogen) atoms. The summed E-state index contributed by atoms with van der Waals surface area (Å²) >= 11 is 6.16. The quantitative estimate of drug-likeness (QED) is 0.741. The second kappa shape index (κ2) is 10.1. The van der Waals surface area contributed by atoms with Crippen LogP contribution < -0.4 is 5.32 Å². The zero-order chi connectivity index (χ0) is 19.8. The zero-order valence-corrected chi connectivity index (χ0v) is 16.3. The van der Waals surface area contributed by atoms with E-state index in [1.807, 2.05) is 6.92 Å². The summed E-state index contributed by atoms with van der Waals surface area (Å²) in [5, 5.41) is 3.28. The van der Waals surface area contributed by atoms with Gasteiger partial charge in [-0.1, -0.05) is 54.9 Å². The van der Waals surface area contributed by atoms with E-state index in [9.17, 15) is 14.0 Å². The summed E-state index contributed by atoms with van der Waals surface area (Å²) in [7, 11) is 0. The summed E-state index contributed by atoms with van der Waals surface area (Å²) in [6.07, 6.45) is 0.832. The summed E-state index contributed by atoms with van der Waals surface area (Å²) in [4.78, 5) is 26.8. The molecule has 0 aliphatic carbocycles. The number of amides is 2. The van der Waals surface area contributed by atoms with Gasteiger partial charge in [-0.3, -0.25) is 9.59 Å². The topological polar surface area (TPSA) is 49.4 Å². The smallest absolute Gasteiger partial charge is 0.242 e. The summed E-state index contributed by atoms with van der Waals surface area (Å²) in [6, 6.07) is 12.6. The highest BCUT2D eigenvalue weighted by Gasteiger charge is 2.27. The monoisotopic (exact) mass is 390 g/mol. The number of rotatable bonds is 8. The van der Waals surface area contributed by atoms with Gasteiger partial charge in [-0.25, -0.2) is 4.39 Å². The van der Waals surface area contributed by atoms with E-state index < -0.39 is 11.9 Å². The first-order valence-corrected chi connectivity index (χ1v) is 9.35. The van der Waals surface area contributed by atoms with Crippen LogP contribution in [-0.2, 0) is 22.6 Å². The minimum absolute atomic E-state index is 0.0106. The van der Waals surface area contributed by atoms with Crippen LogP contribution in [-0.4, -0.2) is 29.3 Å². The van der Waals surface area contributed by atoms with Crippen molar-refractivity contribution in [2.75, 3.05) is 6.54 Å². The van der Waals surface area contributed by atoms with Crippen molar-refractivity contribution < 1.29 is 14.0 Å². The Morgan fingerprint density at radius 3 is 2.37 bits per heavy atom. The van der Waals surface area contributed by atoms with Gasteiger partial charge in [0.15, 0.2) is 0 Å². The van der Waals surface area contributed by atoms with Gasteiger partial charge in [0, 0.05) is 23.7 Å². The Kier molecular flexibility index (Phi) is 7.80. The third-order valence-electron chi connectivity index (χ3n) is 4.31. The number of hydrogen-bond acceptors (Lipinski definition) is 2. The third-order valence-corrected chi connectivity index (χ3v) is 4.68. The maximum Gasteiger partial charge on any atom is 0.242 e. The summed E-state index contributed by atoms with van der Waals surface area (Å²) in [5.74, 6) is -0.958. The van der Waals surface area contributed by atoms with Crippen molar-refractivity contribution in [2.45, 2.75) is 39.3 Å². The van der Waals surface area contributed by atoms with Crippen LogP contribution in [0.1, 0.15) is 31.4 Å². The molecular formula is C21H24ClFN2O2. The molecule has 0 saturated carbocycles. The van der Waals surface area contributed by atoms with Crippen LogP contribution in [0.25, 0.3) is 0 Å². The van der Waals surface area contributed by atoms with Gasteiger partial charge < -0.3 is 10.2 Å². The van der Waals surface area contributed by atoms with Crippen LogP contribution >= 0.6 is 11.6 Å². The lowest BCUT2D eigenvalue weighted by Crippen LogP contribution is -2.48. The van der Waals surface area contributed by atoms with E-state index in [1.165, 1.54) is 11.0 Å². The Labute approximate surface area is 164 Å².